The van der Waals surface area contributed by atoms with Gasteiger partial charge in [-0.2, -0.15) is 13.2 Å². The fraction of sp³-hybridized carbons (Fsp3) is 0.143. The zero-order chi connectivity index (χ0) is 21.6. The van der Waals surface area contributed by atoms with Gasteiger partial charge >= 0.3 is 6.18 Å². The third-order valence-corrected chi connectivity index (χ3v) is 5.07. The number of pyridine rings is 1. The van der Waals surface area contributed by atoms with Crippen molar-refractivity contribution in [1.29, 1.82) is 0 Å². The Morgan fingerprint density at radius 2 is 1.90 bits per heavy atom. The first kappa shape index (κ1) is 20.0. The number of rotatable bonds is 2. The Hall–Kier alpha value is -3.26. The van der Waals surface area contributed by atoms with Crippen LogP contribution in [0.1, 0.15) is 38.8 Å². The van der Waals surface area contributed by atoms with Crippen molar-refractivity contribution in [2.24, 2.45) is 0 Å². The fourth-order valence-corrected chi connectivity index (χ4v) is 3.58. The van der Waals surface area contributed by atoms with Crippen LogP contribution in [-0.4, -0.2) is 10.9 Å². The molecule has 1 aliphatic rings. The van der Waals surface area contributed by atoms with Crippen LogP contribution in [0.2, 0.25) is 5.02 Å². The van der Waals surface area contributed by atoms with Crippen molar-refractivity contribution in [3.05, 3.63) is 91.9 Å². The fourth-order valence-electron chi connectivity index (χ4n) is 3.31. The van der Waals surface area contributed by atoms with Gasteiger partial charge in [0, 0.05) is 16.1 Å². The maximum Gasteiger partial charge on any atom is 0.431 e. The number of hydrogen-bond acceptors (Lipinski definition) is 3. The molecule has 5 nitrogen and oxygen atoms in total. The Morgan fingerprint density at radius 1 is 1.13 bits per heavy atom. The summed E-state index contributed by atoms with van der Waals surface area (Å²) in [6, 6.07) is 11.1. The summed E-state index contributed by atoms with van der Waals surface area (Å²) in [5.41, 5.74) is -0.785. The average Bonchev–Trinajstić information content (AvgIpc) is 2.66. The smallest absolute Gasteiger partial charge is 0.431 e. The molecule has 2 heterocycles. The normalized spacial score (nSPS) is 15.0. The van der Waals surface area contributed by atoms with Crippen LogP contribution >= 0.6 is 11.6 Å². The van der Waals surface area contributed by atoms with Crippen LogP contribution in [0.4, 0.5) is 13.2 Å². The molecule has 1 atom stereocenters. The molecule has 1 amide bonds. The Kier molecular flexibility index (Phi) is 4.82. The second-order valence-electron chi connectivity index (χ2n) is 6.81. The molecule has 0 bridgehead atoms. The first-order chi connectivity index (χ1) is 14.1. The lowest BCUT2D eigenvalue weighted by molar-refractivity contribution is -0.141. The van der Waals surface area contributed by atoms with E-state index >= 15 is 0 Å². The number of aromatic amines is 1. The van der Waals surface area contributed by atoms with E-state index in [-0.39, 0.29) is 0 Å². The zero-order valence-corrected chi connectivity index (χ0v) is 16.2. The number of nitrogens with one attached hydrogen (secondary N) is 2. The number of hydrogen-bond donors (Lipinski definition) is 2. The molecule has 0 saturated heterocycles. The number of aryl methyl sites for hydroxylation is 1. The number of carbonyl (C=O) groups is 1. The van der Waals surface area contributed by atoms with Crippen LogP contribution in [-0.2, 0) is 6.18 Å². The number of ether oxygens (including phenoxy) is 1. The van der Waals surface area contributed by atoms with E-state index in [4.69, 9.17) is 16.3 Å². The molecule has 2 aromatic carbocycles. The minimum atomic E-state index is -4.72. The second-order valence-corrected chi connectivity index (χ2v) is 7.22. The quantitative estimate of drug-likeness (QED) is 0.597. The van der Waals surface area contributed by atoms with Gasteiger partial charge in [-0.15, -0.1) is 0 Å². The minimum Gasteiger partial charge on any atom is -0.457 e. The Balaban J connectivity index is 1.75. The van der Waals surface area contributed by atoms with Gasteiger partial charge in [0.05, 0.1) is 6.04 Å². The number of alkyl halides is 3. The lowest BCUT2D eigenvalue weighted by atomic mass is 9.93. The highest BCUT2D eigenvalue weighted by atomic mass is 35.5. The van der Waals surface area contributed by atoms with Gasteiger partial charge in [0.15, 0.2) is 0 Å². The van der Waals surface area contributed by atoms with Crippen LogP contribution in [0, 0.1) is 6.92 Å². The van der Waals surface area contributed by atoms with Crippen molar-refractivity contribution in [2.45, 2.75) is 19.1 Å². The third kappa shape index (κ3) is 3.54. The van der Waals surface area contributed by atoms with E-state index in [0.29, 0.717) is 33.7 Å². The molecule has 0 radical (unpaired) electrons. The largest absolute Gasteiger partial charge is 0.457 e. The van der Waals surface area contributed by atoms with Gasteiger partial charge in [-0.3, -0.25) is 9.59 Å². The van der Waals surface area contributed by atoms with Crippen LogP contribution < -0.4 is 15.6 Å². The molecule has 0 saturated carbocycles. The minimum absolute atomic E-state index is 0.338. The van der Waals surface area contributed by atoms with Gasteiger partial charge in [-0.25, -0.2) is 0 Å². The summed E-state index contributed by atoms with van der Waals surface area (Å²) in [4.78, 5) is 26.6. The Bertz CT molecular complexity index is 1220. The summed E-state index contributed by atoms with van der Waals surface area (Å²) >= 11 is 6.34. The predicted molar refractivity (Wildman–Crippen MR) is 104 cm³/mol. The highest BCUT2D eigenvalue weighted by Gasteiger charge is 2.34. The summed E-state index contributed by atoms with van der Waals surface area (Å²) in [6.45, 7) is 1.88. The van der Waals surface area contributed by atoms with Crippen molar-refractivity contribution in [1.82, 2.24) is 10.3 Å². The topological polar surface area (TPSA) is 71.2 Å². The molecule has 4 rings (SSSR count). The highest BCUT2D eigenvalue weighted by molar-refractivity contribution is 6.31. The van der Waals surface area contributed by atoms with E-state index < -0.39 is 34.9 Å². The first-order valence-corrected chi connectivity index (χ1v) is 9.21. The van der Waals surface area contributed by atoms with E-state index in [1.54, 1.807) is 35.3 Å². The molecule has 2 N–H and O–H groups in total. The molecule has 0 aliphatic carbocycles. The molecular weight excluding hydrogens is 421 g/mol. The van der Waals surface area contributed by atoms with Crippen LogP contribution in [0.25, 0.3) is 0 Å². The molecule has 3 aromatic rings. The molecule has 9 heteroatoms. The number of halogens is 4. The van der Waals surface area contributed by atoms with Crippen molar-refractivity contribution in [3.63, 3.8) is 0 Å². The monoisotopic (exact) mass is 434 g/mol. The SMILES string of the molecule is Cc1ccc2c(c1)Oc1cccc(Cl)c1C2NC(=O)c1ccc(C(F)(F)F)[nH]c1=O. The van der Waals surface area contributed by atoms with Crippen LogP contribution in [0.5, 0.6) is 11.5 Å². The average molecular weight is 435 g/mol. The summed E-state index contributed by atoms with van der Waals surface area (Å²) in [5, 5.41) is 3.04. The highest BCUT2D eigenvalue weighted by Crippen LogP contribution is 2.46. The molecule has 0 spiro atoms. The van der Waals surface area contributed by atoms with Gasteiger partial charge in [0.1, 0.15) is 22.8 Å². The molecule has 0 fully saturated rings. The van der Waals surface area contributed by atoms with Crippen molar-refractivity contribution < 1.29 is 22.7 Å². The molecule has 1 aromatic heterocycles. The Labute approximate surface area is 173 Å². The molecule has 1 aliphatic heterocycles. The van der Waals surface area contributed by atoms with Crippen molar-refractivity contribution >= 4 is 17.5 Å². The number of H-pyrrole nitrogens is 1. The summed E-state index contributed by atoms with van der Waals surface area (Å²) in [5.74, 6) is 0.109. The van der Waals surface area contributed by atoms with E-state index in [9.17, 15) is 22.8 Å². The zero-order valence-electron chi connectivity index (χ0n) is 15.4. The van der Waals surface area contributed by atoms with E-state index in [2.05, 4.69) is 5.32 Å². The summed E-state index contributed by atoms with van der Waals surface area (Å²) in [6.07, 6.45) is -4.72. The van der Waals surface area contributed by atoms with Gasteiger partial charge in [0.2, 0.25) is 0 Å². The predicted octanol–water partition coefficient (Wildman–Crippen LogP) is 4.98. The number of aromatic nitrogens is 1. The van der Waals surface area contributed by atoms with Crippen LogP contribution in [0.3, 0.4) is 0 Å². The molecule has 154 valence electrons. The van der Waals surface area contributed by atoms with E-state index in [1.807, 2.05) is 13.0 Å². The number of fused-ring (bicyclic) bond motifs is 2. The number of carbonyl (C=O) groups excluding carboxylic acids is 1. The van der Waals surface area contributed by atoms with Crippen LogP contribution in [0.15, 0.2) is 53.3 Å². The molecule has 30 heavy (non-hydrogen) atoms. The third-order valence-electron chi connectivity index (χ3n) is 4.74. The van der Waals surface area contributed by atoms with Gasteiger partial charge in [-0.05, 0) is 42.8 Å². The van der Waals surface area contributed by atoms with Gasteiger partial charge < -0.3 is 15.0 Å². The van der Waals surface area contributed by atoms with Gasteiger partial charge in [0.25, 0.3) is 11.5 Å². The lowest BCUT2D eigenvalue weighted by Gasteiger charge is -2.30. The number of amides is 1. The van der Waals surface area contributed by atoms with E-state index in [0.717, 1.165) is 11.6 Å². The second kappa shape index (κ2) is 7.21. The van der Waals surface area contributed by atoms with Crippen molar-refractivity contribution in [2.75, 3.05) is 0 Å². The summed E-state index contributed by atoms with van der Waals surface area (Å²) in [7, 11) is 0. The maximum atomic E-state index is 12.8. The lowest BCUT2D eigenvalue weighted by Crippen LogP contribution is -2.35. The molecular formula is C21H14ClF3N2O3. The number of benzene rings is 2. The van der Waals surface area contributed by atoms with E-state index in [1.165, 1.54) is 0 Å². The first-order valence-electron chi connectivity index (χ1n) is 8.83. The standard InChI is InChI=1S/C21H14ClF3N2O3/c1-10-5-6-11-15(9-10)30-14-4-2-3-13(22)17(14)18(11)27-20(29)12-7-8-16(21(23,24)25)26-19(12)28/h2-9,18H,1H3,(H,26,28)(H,27,29). The maximum absolute atomic E-state index is 12.8. The Morgan fingerprint density at radius 3 is 2.60 bits per heavy atom. The summed E-state index contributed by atoms with van der Waals surface area (Å²) < 4.78 is 44.3. The van der Waals surface area contributed by atoms with Crippen molar-refractivity contribution in [3.8, 4) is 11.5 Å². The molecule has 1 unspecified atom stereocenters. The van der Waals surface area contributed by atoms with Gasteiger partial charge in [-0.1, -0.05) is 29.8 Å².